The summed E-state index contributed by atoms with van der Waals surface area (Å²) in [5, 5.41) is 0. The van der Waals surface area contributed by atoms with Crippen molar-refractivity contribution in [2.75, 3.05) is 33.3 Å². The molecule has 1 fully saturated rings. The third-order valence-corrected chi connectivity index (χ3v) is 6.81. The molecule has 6 heteroatoms. The Morgan fingerprint density at radius 3 is 2.48 bits per heavy atom. The fourth-order valence-electron chi connectivity index (χ4n) is 3.42. The summed E-state index contributed by atoms with van der Waals surface area (Å²) in [5.74, 6) is 0.726. The van der Waals surface area contributed by atoms with Gasteiger partial charge in [-0.3, -0.25) is 4.90 Å². The molecule has 0 radical (unpaired) electrons. The number of methoxy groups -OCH3 is 1. The van der Waals surface area contributed by atoms with E-state index in [-0.39, 0.29) is 0 Å². The van der Waals surface area contributed by atoms with Crippen LogP contribution in [0.4, 0.5) is 0 Å². The lowest BCUT2D eigenvalue weighted by molar-refractivity contribution is 0.261. The fourth-order valence-corrected chi connectivity index (χ4v) is 5.20. The maximum atomic E-state index is 13.0. The Bertz CT molecular complexity index is 720. The van der Waals surface area contributed by atoms with Crippen molar-refractivity contribution in [2.24, 2.45) is 0 Å². The molecule has 0 bridgehead atoms. The molecule has 1 atom stereocenters. The molecule has 0 aromatic heterocycles. The molecule has 2 aliphatic rings. The van der Waals surface area contributed by atoms with Gasteiger partial charge in [0.2, 0.25) is 10.0 Å². The molecule has 126 valence electrons. The highest BCUT2D eigenvalue weighted by Gasteiger charge is 2.36. The van der Waals surface area contributed by atoms with Crippen LogP contribution in [0.25, 0.3) is 0 Å². The Labute approximate surface area is 138 Å². The van der Waals surface area contributed by atoms with E-state index in [1.807, 2.05) is 13.8 Å². The van der Waals surface area contributed by atoms with Gasteiger partial charge < -0.3 is 4.74 Å². The normalized spacial score (nSPS) is 22.8. The topological polar surface area (TPSA) is 49.9 Å². The highest BCUT2D eigenvalue weighted by atomic mass is 32.2. The van der Waals surface area contributed by atoms with Crippen molar-refractivity contribution in [2.45, 2.75) is 31.2 Å². The highest BCUT2D eigenvalue weighted by Crippen LogP contribution is 2.30. The van der Waals surface area contributed by atoms with E-state index >= 15 is 0 Å². The Morgan fingerprint density at radius 1 is 1.13 bits per heavy atom. The van der Waals surface area contributed by atoms with E-state index in [0.717, 1.165) is 36.4 Å². The molecular weight excluding hydrogens is 312 g/mol. The summed E-state index contributed by atoms with van der Waals surface area (Å²) in [4.78, 5) is 2.73. The van der Waals surface area contributed by atoms with Gasteiger partial charge in [0, 0.05) is 32.2 Å². The first-order valence-electron chi connectivity index (χ1n) is 7.98. The first-order valence-corrected chi connectivity index (χ1v) is 9.42. The predicted molar refractivity (Wildman–Crippen MR) is 90.3 cm³/mol. The maximum absolute atomic E-state index is 13.0. The molecule has 1 aromatic carbocycles. The van der Waals surface area contributed by atoms with E-state index in [1.54, 1.807) is 23.5 Å². The second-order valence-corrected chi connectivity index (χ2v) is 8.22. The van der Waals surface area contributed by atoms with Crippen LogP contribution in [0.2, 0.25) is 0 Å². The zero-order chi connectivity index (χ0) is 16.6. The Morgan fingerprint density at radius 2 is 1.83 bits per heavy atom. The highest BCUT2D eigenvalue weighted by molar-refractivity contribution is 7.89. The van der Waals surface area contributed by atoms with Crippen LogP contribution in [0.5, 0.6) is 5.75 Å². The van der Waals surface area contributed by atoms with Crippen molar-refractivity contribution in [3.8, 4) is 5.75 Å². The number of ether oxygens (including phenoxy) is 1. The van der Waals surface area contributed by atoms with Gasteiger partial charge in [-0.15, -0.1) is 0 Å². The molecule has 0 N–H and O–H groups in total. The van der Waals surface area contributed by atoms with Crippen LogP contribution in [0, 0.1) is 13.8 Å². The number of hydrogen-bond acceptors (Lipinski definition) is 4. The lowest BCUT2D eigenvalue weighted by Crippen LogP contribution is -2.37. The van der Waals surface area contributed by atoms with Crippen LogP contribution in [-0.2, 0) is 10.0 Å². The van der Waals surface area contributed by atoms with Crippen LogP contribution in [-0.4, -0.2) is 57.0 Å². The molecule has 1 saturated heterocycles. The first-order chi connectivity index (χ1) is 10.9. The summed E-state index contributed by atoms with van der Waals surface area (Å²) in [6, 6.07) is 3.86. The second kappa shape index (κ2) is 6.26. The maximum Gasteiger partial charge on any atom is 0.243 e. The Kier molecular flexibility index (Phi) is 4.49. The van der Waals surface area contributed by atoms with Gasteiger partial charge in [-0.05, 0) is 43.5 Å². The molecule has 2 aliphatic heterocycles. The number of hydrogen-bond donors (Lipinski definition) is 0. The minimum atomic E-state index is -3.45. The van der Waals surface area contributed by atoms with Gasteiger partial charge in [0.1, 0.15) is 5.75 Å². The van der Waals surface area contributed by atoms with E-state index in [4.69, 9.17) is 4.74 Å². The number of nitrogens with zero attached hydrogens (tertiary/aromatic N) is 2. The van der Waals surface area contributed by atoms with Crippen LogP contribution in [0.15, 0.2) is 29.2 Å². The van der Waals surface area contributed by atoms with Crippen LogP contribution >= 0.6 is 0 Å². The Balaban J connectivity index is 1.83. The Hall–Kier alpha value is -1.37. The smallest absolute Gasteiger partial charge is 0.243 e. The number of sulfonamides is 1. The van der Waals surface area contributed by atoms with E-state index in [2.05, 4.69) is 17.1 Å². The van der Waals surface area contributed by atoms with Crippen LogP contribution < -0.4 is 4.74 Å². The van der Waals surface area contributed by atoms with E-state index in [0.29, 0.717) is 24.0 Å². The molecular formula is C17H24N2O3S. The zero-order valence-electron chi connectivity index (χ0n) is 13.9. The van der Waals surface area contributed by atoms with E-state index in [9.17, 15) is 8.42 Å². The van der Waals surface area contributed by atoms with E-state index < -0.39 is 10.0 Å². The molecule has 0 spiro atoms. The average molecular weight is 336 g/mol. The molecule has 3 rings (SSSR count). The van der Waals surface area contributed by atoms with Crippen molar-refractivity contribution >= 4 is 10.0 Å². The summed E-state index contributed by atoms with van der Waals surface area (Å²) < 4.78 is 32.9. The average Bonchev–Trinajstić information content (AvgIpc) is 3.19. The SMILES string of the molecule is COc1cc(C)c(S(=O)(=O)N2CCC(N3CC=CC3)C2)cc1C. The molecule has 5 nitrogen and oxygen atoms in total. The number of rotatable bonds is 4. The standard InChI is InChI=1S/C17H24N2O3S/c1-13-11-17(14(2)10-16(13)22-3)23(20,21)19-9-6-15(12-19)18-7-4-5-8-18/h4-5,10-11,15H,6-9,12H2,1-3H3. The largest absolute Gasteiger partial charge is 0.496 e. The molecule has 0 aliphatic carbocycles. The minimum absolute atomic E-state index is 0.319. The molecule has 2 heterocycles. The van der Waals surface area contributed by atoms with E-state index in [1.165, 1.54) is 0 Å². The van der Waals surface area contributed by atoms with Crippen molar-refractivity contribution < 1.29 is 13.2 Å². The number of benzene rings is 1. The summed E-state index contributed by atoms with van der Waals surface area (Å²) in [6.45, 7) is 6.73. The van der Waals surface area contributed by atoms with Gasteiger partial charge in [-0.1, -0.05) is 12.2 Å². The monoisotopic (exact) mass is 336 g/mol. The first kappa shape index (κ1) is 16.5. The van der Waals surface area contributed by atoms with Gasteiger partial charge in [-0.25, -0.2) is 8.42 Å². The summed E-state index contributed by atoms with van der Waals surface area (Å²) in [5.41, 5.74) is 1.58. The third-order valence-electron chi connectivity index (χ3n) is 4.80. The molecule has 1 unspecified atom stereocenters. The fraction of sp³-hybridized carbons (Fsp3) is 0.529. The molecule has 0 saturated carbocycles. The zero-order valence-corrected chi connectivity index (χ0v) is 14.8. The van der Waals surface area contributed by atoms with Crippen LogP contribution in [0.1, 0.15) is 17.5 Å². The summed E-state index contributed by atoms with van der Waals surface area (Å²) in [6.07, 6.45) is 5.19. The van der Waals surface area contributed by atoms with Crippen LogP contribution in [0.3, 0.4) is 0 Å². The number of aryl methyl sites for hydroxylation is 2. The summed E-state index contributed by atoms with van der Waals surface area (Å²) in [7, 11) is -1.85. The minimum Gasteiger partial charge on any atom is -0.496 e. The van der Waals surface area contributed by atoms with Gasteiger partial charge in [-0.2, -0.15) is 4.31 Å². The quantitative estimate of drug-likeness (QED) is 0.789. The van der Waals surface area contributed by atoms with Crippen molar-refractivity contribution in [3.63, 3.8) is 0 Å². The van der Waals surface area contributed by atoms with Crippen molar-refractivity contribution in [1.29, 1.82) is 0 Å². The lowest BCUT2D eigenvalue weighted by atomic mass is 10.1. The van der Waals surface area contributed by atoms with Gasteiger partial charge in [0.25, 0.3) is 0 Å². The van der Waals surface area contributed by atoms with Gasteiger partial charge in [0.05, 0.1) is 12.0 Å². The molecule has 1 aromatic rings. The molecule has 23 heavy (non-hydrogen) atoms. The lowest BCUT2D eigenvalue weighted by Gasteiger charge is -2.24. The van der Waals surface area contributed by atoms with Crippen molar-refractivity contribution in [1.82, 2.24) is 9.21 Å². The van der Waals surface area contributed by atoms with Gasteiger partial charge in [0.15, 0.2) is 0 Å². The summed E-state index contributed by atoms with van der Waals surface area (Å²) >= 11 is 0. The van der Waals surface area contributed by atoms with Gasteiger partial charge >= 0.3 is 0 Å². The third kappa shape index (κ3) is 3.03. The second-order valence-electron chi connectivity index (χ2n) is 6.32. The predicted octanol–water partition coefficient (Wildman–Crippen LogP) is 1.95. The van der Waals surface area contributed by atoms with Crippen molar-refractivity contribution in [3.05, 3.63) is 35.4 Å². The molecule has 0 amide bonds.